The molecule has 4 saturated carbocycles. The second-order valence-corrected chi connectivity index (χ2v) is 23.8. The number of hydrogen-bond donors (Lipinski definition) is 12. The molecule has 0 aromatic rings. The van der Waals surface area contributed by atoms with Crippen molar-refractivity contribution in [3.63, 3.8) is 0 Å². The van der Waals surface area contributed by atoms with Crippen molar-refractivity contribution >= 4 is 0 Å². The summed E-state index contributed by atoms with van der Waals surface area (Å²) in [4.78, 5) is 0. The molecule has 19 heteroatoms. The molecule has 0 spiro atoms. The fraction of sp³-hybridized carbons (Fsp3) is 0.959. The van der Waals surface area contributed by atoms with E-state index in [0.717, 1.165) is 25.7 Å². The Bertz CT molecular complexity index is 1800. The first-order chi connectivity index (χ1) is 31.9. The number of ether oxygens (including phenoxy) is 7. The monoisotopic (exact) mass is 975 g/mol. The summed E-state index contributed by atoms with van der Waals surface area (Å²) < 4.78 is 43.8. The van der Waals surface area contributed by atoms with Crippen molar-refractivity contribution in [2.75, 3.05) is 33.5 Å². The van der Waals surface area contributed by atoms with Crippen LogP contribution in [0, 0.1) is 50.2 Å². The molecule has 26 atom stereocenters. The number of aliphatic hydroxyl groups is 12. The van der Waals surface area contributed by atoms with Crippen LogP contribution in [0.3, 0.4) is 0 Å². The van der Waals surface area contributed by atoms with E-state index in [1.54, 1.807) is 7.11 Å². The lowest BCUT2D eigenvalue weighted by Crippen LogP contribution is -2.70. The van der Waals surface area contributed by atoms with Gasteiger partial charge in [-0.2, -0.15) is 0 Å². The summed E-state index contributed by atoms with van der Waals surface area (Å²) >= 11 is 0. The topological polar surface area (TPSA) is 307 Å². The highest BCUT2D eigenvalue weighted by molar-refractivity contribution is 5.37. The number of allylic oxidation sites excluding steroid dienone is 1. The second kappa shape index (κ2) is 19.0. The molecule has 7 fully saturated rings. The van der Waals surface area contributed by atoms with E-state index < -0.39 is 139 Å². The molecule has 0 aromatic carbocycles. The minimum Gasteiger partial charge on any atom is -0.396 e. The van der Waals surface area contributed by atoms with Gasteiger partial charge in [-0.15, -0.1) is 0 Å². The summed E-state index contributed by atoms with van der Waals surface area (Å²) in [7, 11) is 1.74. The van der Waals surface area contributed by atoms with Crippen molar-refractivity contribution in [2.45, 2.75) is 210 Å². The van der Waals surface area contributed by atoms with Gasteiger partial charge in [0, 0.05) is 23.9 Å². The molecule has 0 radical (unpaired) electrons. The Hall–Kier alpha value is -1.02. The molecule has 68 heavy (non-hydrogen) atoms. The summed E-state index contributed by atoms with van der Waals surface area (Å²) in [6.07, 6.45) is -18.5. The zero-order valence-electron chi connectivity index (χ0n) is 40.9. The van der Waals surface area contributed by atoms with Crippen molar-refractivity contribution in [1.82, 2.24) is 0 Å². The molecule has 8 rings (SSSR count). The van der Waals surface area contributed by atoms with E-state index >= 15 is 0 Å². The molecule has 3 saturated heterocycles. The first kappa shape index (κ1) is 53.3. The Morgan fingerprint density at radius 3 is 1.75 bits per heavy atom. The summed E-state index contributed by atoms with van der Waals surface area (Å²) in [5.74, 6) is -0.255. The average Bonchev–Trinajstić information content (AvgIpc) is 3.30. The van der Waals surface area contributed by atoms with Gasteiger partial charge < -0.3 is 94.4 Å². The Morgan fingerprint density at radius 1 is 0.618 bits per heavy atom. The van der Waals surface area contributed by atoms with Crippen LogP contribution in [0.5, 0.6) is 0 Å². The maximum Gasteiger partial charge on any atom is 0.187 e. The predicted molar refractivity (Wildman–Crippen MR) is 238 cm³/mol. The molecule has 19 nitrogen and oxygen atoms in total. The molecular formula is C49H82O19. The normalized spacial score (nSPS) is 55.8. The third-order valence-corrected chi connectivity index (χ3v) is 19.8. The molecule has 392 valence electrons. The fourth-order valence-corrected chi connectivity index (χ4v) is 15.5. The van der Waals surface area contributed by atoms with Crippen LogP contribution in [0.4, 0.5) is 0 Å². The van der Waals surface area contributed by atoms with Crippen LogP contribution in [0.2, 0.25) is 0 Å². The van der Waals surface area contributed by atoms with Gasteiger partial charge in [0.05, 0.1) is 50.8 Å². The molecule has 0 bridgehead atoms. The van der Waals surface area contributed by atoms with Gasteiger partial charge in [-0.1, -0.05) is 53.2 Å². The van der Waals surface area contributed by atoms with Crippen molar-refractivity contribution in [3.8, 4) is 0 Å². The van der Waals surface area contributed by atoms with Crippen LogP contribution in [0.25, 0.3) is 0 Å². The third-order valence-electron chi connectivity index (χ3n) is 19.8. The van der Waals surface area contributed by atoms with E-state index in [1.807, 2.05) is 6.92 Å². The number of rotatable bonds is 11. The maximum absolute atomic E-state index is 12.2. The molecule has 5 aliphatic carbocycles. The lowest BCUT2D eigenvalue weighted by atomic mass is 9.32. The quantitative estimate of drug-likeness (QED) is 0.0892. The SMILES string of the molecule is CO[C@@H]1C=C2C3CC(C)(C)CCC3(CO)C(O)C[C@@]2(C)[C@]2(C)CCC3[C@](C)(CCC(O[C@@H]4O[C@H](C)[C@H](O)[C@H](O[C@@H]5O[C@H](CO)[C@@H](O)[C@H](O)[C@H]5O)[C@H]4O[C@@H]4O[C@H](CO)[C@@H](O)[C@H](O)[C@H]4O)[C@@]3(C)CO)C12. The van der Waals surface area contributed by atoms with E-state index in [9.17, 15) is 61.3 Å². The molecule has 6 unspecified atom stereocenters. The zero-order chi connectivity index (χ0) is 49.8. The summed E-state index contributed by atoms with van der Waals surface area (Å²) in [5, 5.41) is 131. The highest BCUT2D eigenvalue weighted by atomic mass is 16.8. The summed E-state index contributed by atoms with van der Waals surface area (Å²) in [6, 6.07) is 0. The van der Waals surface area contributed by atoms with Crippen LogP contribution >= 0.6 is 0 Å². The molecular weight excluding hydrogens is 893 g/mol. The number of methoxy groups -OCH3 is 1. The molecule has 12 N–H and O–H groups in total. The molecule has 3 heterocycles. The van der Waals surface area contributed by atoms with Gasteiger partial charge in [-0.25, -0.2) is 0 Å². The van der Waals surface area contributed by atoms with Crippen molar-refractivity contribution < 1.29 is 94.4 Å². The minimum absolute atomic E-state index is 0.0241. The van der Waals surface area contributed by atoms with Crippen LogP contribution in [-0.2, 0) is 33.2 Å². The third kappa shape index (κ3) is 8.12. The number of hydrogen-bond acceptors (Lipinski definition) is 19. The van der Waals surface area contributed by atoms with E-state index in [1.165, 1.54) is 12.5 Å². The van der Waals surface area contributed by atoms with Gasteiger partial charge in [-0.3, -0.25) is 0 Å². The van der Waals surface area contributed by atoms with Gasteiger partial charge in [0.25, 0.3) is 0 Å². The largest absolute Gasteiger partial charge is 0.396 e. The number of fused-ring (bicyclic) bond motifs is 7. The first-order valence-electron chi connectivity index (χ1n) is 24.9. The van der Waals surface area contributed by atoms with Gasteiger partial charge in [0.2, 0.25) is 0 Å². The lowest BCUT2D eigenvalue weighted by Gasteiger charge is -2.73. The second-order valence-electron chi connectivity index (χ2n) is 23.8. The Balaban J connectivity index is 1.13. The molecule has 0 amide bonds. The fourth-order valence-electron chi connectivity index (χ4n) is 15.5. The van der Waals surface area contributed by atoms with E-state index in [4.69, 9.17) is 33.2 Å². The molecule has 0 aromatic heterocycles. The van der Waals surface area contributed by atoms with Crippen molar-refractivity contribution in [2.24, 2.45) is 50.2 Å². The van der Waals surface area contributed by atoms with Gasteiger partial charge in [0.15, 0.2) is 18.9 Å². The maximum atomic E-state index is 12.2. The molecule has 8 aliphatic rings. The van der Waals surface area contributed by atoms with Gasteiger partial charge in [-0.05, 0) is 91.8 Å². The van der Waals surface area contributed by atoms with E-state index in [0.29, 0.717) is 25.7 Å². The van der Waals surface area contributed by atoms with E-state index in [-0.39, 0.29) is 47.9 Å². The zero-order valence-corrected chi connectivity index (χ0v) is 40.9. The first-order valence-corrected chi connectivity index (χ1v) is 24.9. The molecule has 3 aliphatic heterocycles. The van der Waals surface area contributed by atoms with Crippen molar-refractivity contribution in [3.05, 3.63) is 11.6 Å². The summed E-state index contributed by atoms with van der Waals surface area (Å²) in [5.41, 5.74) is -1.53. The van der Waals surface area contributed by atoms with Crippen LogP contribution in [-0.4, -0.2) is 205 Å². The van der Waals surface area contributed by atoms with Crippen LogP contribution in [0.15, 0.2) is 11.6 Å². The predicted octanol–water partition coefficient (Wildman–Crippen LogP) is -0.790. The number of aliphatic hydroxyl groups excluding tert-OH is 12. The Labute approximate surface area is 399 Å². The Morgan fingerprint density at radius 2 is 1.21 bits per heavy atom. The summed E-state index contributed by atoms with van der Waals surface area (Å²) in [6.45, 7) is 13.1. The van der Waals surface area contributed by atoms with Crippen LogP contribution < -0.4 is 0 Å². The average molecular weight is 975 g/mol. The smallest absolute Gasteiger partial charge is 0.187 e. The highest BCUT2D eigenvalue weighted by Crippen LogP contribution is 2.76. The van der Waals surface area contributed by atoms with Gasteiger partial charge in [0.1, 0.15) is 67.1 Å². The standard InChI is InChI=1S/C49H82O19/c1-22-31(55)38(67-41-36(60)34(58)32(56)26(18-50)64-41)39(68-42-37(61)35(59)33(57)27(19-51)65-42)43(63-22)66-30-10-11-45(4)28(46(30,5)20-52)9-12-47(6)40(45)25(62-8)15-23-24-16-44(2,3)13-14-49(24,21-53)29(54)17-48(23,47)7/h15,22,24-43,50-61H,9-14,16-21H2,1-8H3/t22-,24?,25-,26-,27-,28?,29?,30?,31+,32-,33-,34+,35+,36-,37-,38+,39-,40?,41+,42+,43+,45+,46+,47-,48-,49?/m1/s1. The Kier molecular flexibility index (Phi) is 14.9. The van der Waals surface area contributed by atoms with Gasteiger partial charge >= 0.3 is 0 Å². The highest BCUT2D eigenvalue weighted by Gasteiger charge is 2.72. The minimum atomic E-state index is -1.90. The van der Waals surface area contributed by atoms with E-state index in [2.05, 4.69) is 40.7 Å². The van der Waals surface area contributed by atoms with Crippen molar-refractivity contribution in [1.29, 1.82) is 0 Å². The van der Waals surface area contributed by atoms with Crippen LogP contribution in [0.1, 0.15) is 99.8 Å². The lowest BCUT2D eigenvalue weighted by molar-refractivity contribution is -0.398.